The van der Waals surface area contributed by atoms with Crippen molar-refractivity contribution in [1.82, 2.24) is 15.2 Å². The molecule has 1 aliphatic rings. The molecule has 1 atom stereocenters. The molecule has 16 heavy (non-hydrogen) atoms. The van der Waals surface area contributed by atoms with E-state index in [2.05, 4.69) is 35.1 Å². The van der Waals surface area contributed by atoms with Crippen LogP contribution in [0, 0.1) is 6.92 Å². The van der Waals surface area contributed by atoms with Gasteiger partial charge in [-0.3, -0.25) is 9.88 Å². The van der Waals surface area contributed by atoms with Crippen LogP contribution in [0.15, 0.2) is 18.3 Å². The van der Waals surface area contributed by atoms with Gasteiger partial charge in [-0.05, 0) is 31.5 Å². The van der Waals surface area contributed by atoms with Crippen LogP contribution in [0.25, 0.3) is 0 Å². The van der Waals surface area contributed by atoms with Crippen LogP contribution < -0.4 is 5.32 Å². The molecule has 3 nitrogen and oxygen atoms in total. The van der Waals surface area contributed by atoms with Gasteiger partial charge in [-0.1, -0.05) is 0 Å². The highest BCUT2D eigenvalue weighted by Gasteiger charge is 2.17. The zero-order valence-corrected chi connectivity index (χ0v) is 10.8. The van der Waals surface area contributed by atoms with Crippen LogP contribution in [0.4, 0.5) is 0 Å². The normalized spacial score (nSPS) is 21.5. The van der Waals surface area contributed by atoms with E-state index >= 15 is 0 Å². The zero-order valence-electron chi connectivity index (χ0n) is 9.94. The number of piperazine rings is 1. The number of rotatable bonds is 2. The van der Waals surface area contributed by atoms with Gasteiger partial charge in [0.05, 0.1) is 5.69 Å². The predicted octanol–water partition coefficient (Wildman–Crippen LogP) is 1.61. The number of nitrogens with one attached hydrogen (secondary N) is 1. The Morgan fingerprint density at radius 2 is 2.38 bits per heavy atom. The highest BCUT2D eigenvalue weighted by Crippen LogP contribution is 2.09. The van der Waals surface area contributed by atoms with E-state index in [-0.39, 0.29) is 12.4 Å². The van der Waals surface area contributed by atoms with Crippen molar-refractivity contribution in [2.75, 3.05) is 19.6 Å². The topological polar surface area (TPSA) is 28.2 Å². The van der Waals surface area contributed by atoms with Crippen LogP contribution in [0.1, 0.15) is 18.2 Å². The second-order valence-corrected chi connectivity index (χ2v) is 4.35. The number of pyridine rings is 1. The van der Waals surface area contributed by atoms with Gasteiger partial charge in [-0.2, -0.15) is 0 Å². The van der Waals surface area contributed by atoms with E-state index < -0.39 is 0 Å². The van der Waals surface area contributed by atoms with Crippen molar-refractivity contribution < 1.29 is 0 Å². The average molecular weight is 242 g/mol. The largest absolute Gasteiger partial charge is 0.314 e. The standard InChI is InChI=1S/C12H19N3.ClH/c1-10-3-4-14-12(7-10)9-15-6-5-13-8-11(15)2;/h3-4,7,11,13H,5-6,8-9H2,1-2H3;1H/t11-;/m0./s1. The number of aromatic nitrogens is 1. The van der Waals surface area contributed by atoms with Crippen LogP contribution in [0.3, 0.4) is 0 Å². The van der Waals surface area contributed by atoms with Crippen LogP contribution in [-0.2, 0) is 6.54 Å². The Morgan fingerprint density at radius 3 is 3.06 bits per heavy atom. The smallest absolute Gasteiger partial charge is 0.0546 e. The van der Waals surface area contributed by atoms with E-state index in [0.29, 0.717) is 6.04 Å². The Hall–Kier alpha value is -0.640. The van der Waals surface area contributed by atoms with Crippen molar-refractivity contribution in [3.8, 4) is 0 Å². The van der Waals surface area contributed by atoms with E-state index in [1.54, 1.807) is 0 Å². The highest BCUT2D eigenvalue weighted by atomic mass is 35.5. The molecule has 1 aliphatic heterocycles. The van der Waals surface area contributed by atoms with Crippen molar-refractivity contribution in [1.29, 1.82) is 0 Å². The van der Waals surface area contributed by atoms with Gasteiger partial charge >= 0.3 is 0 Å². The lowest BCUT2D eigenvalue weighted by atomic mass is 10.2. The van der Waals surface area contributed by atoms with Gasteiger partial charge in [0.25, 0.3) is 0 Å². The minimum absolute atomic E-state index is 0. The summed E-state index contributed by atoms with van der Waals surface area (Å²) in [5.41, 5.74) is 2.48. The summed E-state index contributed by atoms with van der Waals surface area (Å²) in [6.07, 6.45) is 1.90. The number of aryl methyl sites for hydroxylation is 1. The fraction of sp³-hybridized carbons (Fsp3) is 0.583. The molecule has 0 unspecified atom stereocenters. The molecule has 0 radical (unpaired) electrons. The van der Waals surface area contributed by atoms with Gasteiger partial charge in [0, 0.05) is 38.4 Å². The zero-order chi connectivity index (χ0) is 10.7. The van der Waals surface area contributed by atoms with Gasteiger partial charge in [0.1, 0.15) is 0 Å². The summed E-state index contributed by atoms with van der Waals surface area (Å²) < 4.78 is 0. The number of hydrogen-bond acceptors (Lipinski definition) is 3. The molecule has 1 saturated heterocycles. The van der Waals surface area contributed by atoms with Crippen LogP contribution >= 0.6 is 12.4 Å². The van der Waals surface area contributed by atoms with Crippen molar-refractivity contribution in [3.63, 3.8) is 0 Å². The minimum Gasteiger partial charge on any atom is -0.314 e. The Labute approximate surface area is 104 Å². The van der Waals surface area contributed by atoms with Gasteiger partial charge in [0.15, 0.2) is 0 Å². The second kappa shape index (κ2) is 6.18. The van der Waals surface area contributed by atoms with Gasteiger partial charge in [0.2, 0.25) is 0 Å². The SMILES string of the molecule is Cc1ccnc(CN2CCNC[C@@H]2C)c1.Cl. The van der Waals surface area contributed by atoms with Crippen LogP contribution in [0.5, 0.6) is 0 Å². The van der Waals surface area contributed by atoms with E-state index in [0.717, 1.165) is 26.2 Å². The van der Waals surface area contributed by atoms with Crippen molar-refractivity contribution in [2.24, 2.45) is 0 Å². The summed E-state index contributed by atoms with van der Waals surface area (Å²) in [6, 6.07) is 4.83. The first-order chi connectivity index (χ1) is 7.25. The molecule has 0 saturated carbocycles. The molecule has 4 heteroatoms. The quantitative estimate of drug-likeness (QED) is 0.853. The van der Waals surface area contributed by atoms with Crippen molar-refractivity contribution in [2.45, 2.75) is 26.4 Å². The molecule has 1 aromatic rings. The maximum Gasteiger partial charge on any atom is 0.0546 e. The first-order valence-electron chi connectivity index (χ1n) is 5.62. The molecule has 0 aliphatic carbocycles. The first-order valence-corrected chi connectivity index (χ1v) is 5.62. The first kappa shape index (κ1) is 13.4. The Morgan fingerprint density at radius 1 is 1.56 bits per heavy atom. The molecule has 2 rings (SSSR count). The molecular weight excluding hydrogens is 222 g/mol. The summed E-state index contributed by atoms with van der Waals surface area (Å²) >= 11 is 0. The molecular formula is C12H20ClN3. The summed E-state index contributed by atoms with van der Waals surface area (Å²) in [5.74, 6) is 0. The molecule has 1 fully saturated rings. The monoisotopic (exact) mass is 241 g/mol. The van der Waals surface area contributed by atoms with Crippen LogP contribution in [0.2, 0.25) is 0 Å². The molecule has 1 aromatic heterocycles. The van der Waals surface area contributed by atoms with Crippen LogP contribution in [-0.4, -0.2) is 35.6 Å². The van der Waals surface area contributed by atoms with E-state index in [9.17, 15) is 0 Å². The fourth-order valence-electron chi connectivity index (χ4n) is 2.01. The van der Waals surface area contributed by atoms with Crippen molar-refractivity contribution >= 4 is 12.4 Å². The Balaban J connectivity index is 0.00000128. The van der Waals surface area contributed by atoms with Gasteiger partial charge in [-0.15, -0.1) is 12.4 Å². The molecule has 0 amide bonds. The third-order valence-corrected chi connectivity index (χ3v) is 2.98. The van der Waals surface area contributed by atoms with Gasteiger partial charge < -0.3 is 5.32 Å². The lowest BCUT2D eigenvalue weighted by molar-refractivity contribution is 0.164. The molecule has 2 heterocycles. The lowest BCUT2D eigenvalue weighted by Crippen LogP contribution is -2.49. The number of nitrogens with zero attached hydrogens (tertiary/aromatic N) is 2. The van der Waals surface area contributed by atoms with Crippen molar-refractivity contribution in [3.05, 3.63) is 29.6 Å². The molecule has 90 valence electrons. The highest BCUT2D eigenvalue weighted by molar-refractivity contribution is 5.85. The molecule has 0 bridgehead atoms. The predicted molar refractivity (Wildman–Crippen MR) is 69.0 cm³/mol. The molecule has 1 N–H and O–H groups in total. The maximum atomic E-state index is 4.41. The summed E-state index contributed by atoms with van der Waals surface area (Å²) in [7, 11) is 0. The maximum absolute atomic E-state index is 4.41. The van der Waals surface area contributed by atoms with Gasteiger partial charge in [-0.25, -0.2) is 0 Å². The fourth-order valence-corrected chi connectivity index (χ4v) is 2.01. The number of hydrogen-bond donors (Lipinski definition) is 1. The Bertz CT molecular complexity index is 330. The summed E-state index contributed by atoms with van der Waals surface area (Å²) in [5, 5.41) is 3.40. The van der Waals surface area contributed by atoms with E-state index in [1.165, 1.54) is 11.3 Å². The summed E-state index contributed by atoms with van der Waals surface area (Å²) in [4.78, 5) is 6.89. The third-order valence-electron chi connectivity index (χ3n) is 2.98. The molecule has 0 spiro atoms. The van der Waals surface area contributed by atoms with E-state index in [1.807, 2.05) is 12.3 Å². The minimum atomic E-state index is 0. The average Bonchev–Trinajstić information content (AvgIpc) is 2.22. The van der Waals surface area contributed by atoms with E-state index in [4.69, 9.17) is 0 Å². The summed E-state index contributed by atoms with van der Waals surface area (Å²) in [6.45, 7) is 8.66. The lowest BCUT2D eigenvalue weighted by Gasteiger charge is -2.33. The number of halogens is 1. The second-order valence-electron chi connectivity index (χ2n) is 4.35. The third kappa shape index (κ3) is 3.44. The Kier molecular flexibility index (Phi) is 5.19. The molecule has 0 aromatic carbocycles.